The molecule has 0 amide bonds. The van der Waals surface area contributed by atoms with Crippen LogP contribution in [-0.4, -0.2) is 75.0 Å². The van der Waals surface area contributed by atoms with Crippen LogP contribution >= 0.6 is 0 Å². The Kier molecular flexibility index (Phi) is 40.0. The van der Waals surface area contributed by atoms with E-state index < -0.39 is 0 Å². The third-order valence-electron chi connectivity index (χ3n) is 13.4. The lowest BCUT2D eigenvalue weighted by Gasteiger charge is -2.08. The van der Waals surface area contributed by atoms with E-state index in [1.165, 1.54) is 101 Å². The molecule has 15 nitrogen and oxygen atoms in total. The number of aromatic nitrogens is 15. The monoisotopic (exact) mass is 1100 g/mol. The van der Waals surface area contributed by atoms with E-state index in [4.69, 9.17) is 0 Å². The Morgan fingerprint density at radius 1 is 0.304 bits per heavy atom. The van der Waals surface area contributed by atoms with Crippen LogP contribution in [0.2, 0.25) is 0 Å². The summed E-state index contributed by atoms with van der Waals surface area (Å²) in [7, 11) is 0. The summed E-state index contributed by atoms with van der Waals surface area (Å²) < 4.78 is 10.1. The predicted octanol–water partition coefficient (Wildman–Crippen LogP) is 16.1. The molecule has 0 spiro atoms. The summed E-state index contributed by atoms with van der Waals surface area (Å²) in [6, 6.07) is 0. The molecule has 5 aromatic heterocycles. The molecule has 5 rings (SSSR count). The Balaban J connectivity index is 0.000000494. The van der Waals surface area contributed by atoms with E-state index >= 15 is 0 Å². The molecule has 0 N–H and O–H groups in total. The quantitative estimate of drug-likeness (QED) is 0.0364. The van der Waals surface area contributed by atoms with E-state index in [1.54, 1.807) is 0 Å². The fourth-order valence-corrected chi connectivity index (χ4v) is 8.44. The zero-order valence-corrected chi connectivity index (χ0v) is 54.8. The molecular weight excluding hydrogens is 979 g/mol. The number of hydrogen-bond donors (Lipinski definition) is 0. The number of unbranched alkanes of at least 4 members (excludes halogenated alkanes) is 2. The van der Waals surface area contributed by atoms with Gasteiger partial charge in [-0.25, -0.2) is 9.36 Å². The second-order valence-corrected chi connectivity index (χ2v) is 26.8. The minimum atomic E-state index is 0.634. The highest BCUT2D eigenvalue weighted by atomic mass is 15.4. The average molecular weight is 1100 g/mol. The van der Waals surface area contributed by atoms with Gasteiger partial charge in [0, 0.05) is 51.3 Å². The van der Waals surface area contributed by atoms with Crippen molar-refractivity contribution in [3.8, 4) is 0 Å². The highest BCUT2D eigenvalue weighted by Gasteiger charge is 2.09. The zero-order chi connectivity index (χ0) is 59.1. The molecule has 5 heterocycles. The first-order valence-electron chi connectivity index (χ1n) is 31.8. The maximum Gasteiger partial charge on any atom is 0.0829 e. The standard InChI is InChI=1S/C14H27N3.2C13H25N3.2C12H23N3/c1-12(2)7-5-6-10-17-14(11-15-16-17)9-8-13(3)4;1-11(2)6-5-9-16-13(10-14-15-16)8-7-12(3)4;1-11(2)7-5-6-8-16-10-13(14-15-16)9-12(3)4;1-10(2)5-6-12-9-15(14-13-12)8-7-11(3)4;1-10(2)6-5-7-12-9-15(14-13-12)8-11(3)4/h11-13H,5-10H2,1-4H3;2*10-12H,5-9H2,1-4H3;2*9-11H,5-8H2,1-4H3. The second kappa shape index (κ2) is 43.4. The van der Waals surface area contributed by atoms with Crippen molar-refractivity contribution in [3.05, 3.63) is 59.5 Å². The second-order valence-electron chi connectivity index (χ2n) is 26.8. The van der Waals surface area contributed by atoms with Gasteiger partial charge in [-0.3, -0.25) is 14.0 Å². The van der Waals surface area contributed by atoms with Gasteiger partial charge in [-0.2, -0.15) is 0 Å². The molecule has 79 heavy (non-hydrogen) atoms. The number of rotatable bonds is 34. The minimum absolute atomic E-state index is 0.634. The highest BCUT2D eigenvalue weighted by molar-refractivity contribution is 4.96. The van der Waals surface area contributed by atoms with Gasteiger partial charge in [-0.05, 0) is 149 Å². The van der Waals surface area contributed by atoms with Crippen molar-refractivity contribution in [2.75, 3.05) is 0 Å². The van der Waals surface area contributed by atoms with E-state index in [9.17, 15) is 0 Å². The Bertz CT molecular complexity index is 2100. The molecule has 0 saturated carbocycles. The van der Waals surface area contributed by atoms with Crippen molar-refractivity contribution in [2.24, 2.45) is 59.2 Å². The van der Waals surface area contributed by atoms with Crippen LogP contribution < -0.4 is 0 Å². The summed E-state index contributed by atoms with van der Waals surface area (Å²) in [4.78, 5) is 0. The van der Waals surface area contributed by atoms with Gasteiger partial charge < -0.3 is 0 Å². The summed E-state index contributed by atoms with van der Waals surface area (Å²) in [5.74, 6) is 7.45. The van der Waals surface area contributed by atoms with Gasteiger partial charge >= 0.3 is 0 Å². The normalized spacial score (nSPS) is 11.6. The van der Waals surface area contributed by atoms with E-state index in [1.807, 2.05) is 26.4 Å². The molecule has 0 unspecified atom stereocenters. The van der Waals surface area contributed by atoms with Gasteiger partial charge in [0.2, 0.25) is 0 Å². The van der Waals surface area contributed by atoms with Crippen LogP contribution in [0.25, 0.3) is 0 Å². The molecule has 0 saturated heterocycles. The minimum Gasteiger partial charge on any atom is -0.252 e. The molecule has 454 valence electrons. The molecule has 0 aromatic carbocycles. The Morgan fingerprint density at radius 2 is 0.684 bits per heavy atom. The van der Waals surface area contributed by atoms with Crippen LogP contribution in [0.3, 0.4) is 0 Å². The SMILES string of the molecule is CC(C)CCCCn1cc(CC(C)C)nn1.CC(C)CCCCn1nncc1CCC(C)C.CC(C)CCCc1cn(CC(C)C)nn1.CC(C)CCCn1nncc1CCC(C)C.CC(C)CCc1cn(CCC(C)C)nn1. The maximum atomic E-state index is 4.18. The summed E-state index contributed by atoms with van der Waals surface area (Å²) in [5, 5.41) is 41.3. The van der Waals surface area contributed by atoms with Gasteiger partial charge in [0.1, 0.15) is 0 Å². The van der Waals surface area contributed by atoms with Crippen LogP contribution in [0.15, 0.2) is 31.0 Å². The molecule has 0 atom stereocenters. The number of hydrogen-bond acceptors (Lipinski definition) is 10. The van der Waals surface area contributed by atoms with Crippen LogP contribution in [0.5, 0.6) is 0 Å². The van der Waals surface area contributed by atoms with Crippen LogP contribution in [0.1, 0.15) is 257 Å². The van der Waals surface area contributed by atoms with Crippen LogP contribution in [0.4, 0.5) is 0 Å². The van der Waals surface area contributed by atoms with Gasteiger partial charge in [0.25, 0.3) is 0 Å². The summed E-state index contributed by atoms with van der Waals surface area (Å²) in [6.07, 6.45) is 32.9. The van der Waals surface area contributed by atoms with Crippen molar-refractivity contribution in [3.63, 3.8) is 0 Å². The van der Waals surface area contributed by atoms with Gasteiger partial charge in [0.05, 0.1) is 40.9 Å². The first-order chi connectivity index (χ1) is 37.4. The van der Waals surface area contributed by atoms with Gasteiger partial charge in [-0.15, -0.1) is 25.5 Å². The molecule has 0 aliphatic rings. The molecular formula is C64H123N15. The smallest absolute Gasteiger partial charge is 0.0829 e. The van der Waals surface area contributed by atoms with Gasteiger partial charge in [0.15, 0.2) is 0 Å². The van der Waals surface area contributed by atoms with E-state index in [0.717, 1.165) is 129 Å². The lowest BCUT2D eigenvalue weighted by Crippen LogP contribution is -2.07. The van der Waals surface area contributed by atoms with Crippen molar-refractivity contribution in [2.45, 2.75) is 293 Å². The Hall–Kier alpha value is -4.30. The maximum absolute atomic E-state index is 4.18. The summed E-state index contributed by atoms with van der Waals surface area (Å²) in [5.41, 5.74) is 5.98. The highest BCUT2D eigenvalue weighted by Crippen LogP contribution is 2.14. The molecule has 0 bridgehead atoms. The molecule has 0 aliphatic carbocycles. The van der Waals surface area contributed by atoms with Crippen molar-refractivity contribution in [1.82, 2.24) is 75.0 Å². The summed E-state index contributed by atoms with van der Waals surface area (Å²) >= 11 is 0. The first-order valence-corrected chi connectivity index (χ1v) is 31.8. The largest absolute Gasteiger partial charge is 0.252 e. The number of nitrogens with zero attached hydrogens (tertiary/aromatic N) is 15. The van der Waals surface area contributed by atoms with Crippen molar-refractivity contribution >= 4 is 0 Å². The fraction of sp³-hybridized carbons (Fsp3) is 0.844. The van der Waals surface area contributed by atoms with E-state index in [0.29, 0.717) is 11.8 Å². The molecule has 0 fully saturated rings. The third-order valence-corrected chi connectivity index (χ3v) is 13.4. The topological polar surface area (TPSA) is 154 Å². The van der Waals surface area contributed by atoms with Crippen LogP contribution in [0, 0.1) is 59.2 Å². The van der Waals surface area contributed by atoms with E-state index in [-0.39, 0.29) is 0 Å². The molecule has 15 heteroatoms. The lowest BCUT2D eigenvalue weighted by atomic mass is 10.1. The molecule has 0 radical (unpaired) electrons. The van der Waals surface area contributed by atoms with Crippen LogP contribution in [-0.2, 0) is 64.8 Å². The third kappa shape index (κ3) is 40.5. The van der Waals surface area contributed by atoms with Crippen molar-refractivity contribution < 1.29 is 0 Å². The first kappa shape index (κ1) is 72.7. The van der Waals surface area contributed by atoms with Gasteiger partial charge in [-0.1, -0.05) is 197 Å². The average Bonchev–Trinajstić information content (AvgIpc) is 4.23. The Morgan fingerprint density at radius 3 is 1.16 bits per heavy atom. The zero-order valence-electron chi connectivity index (χ0n) is 54.8. The molecule has 5 aromatic rings. The van der Waals surface area contributed by atoms with E-state index in [2.05, 4.69) is 218 Å². The molecule has 0 aliphatic heterocycles. The predicted molar refractivity (Wildman–Crippen MR) is 332 cm³/mol. The number of aryl methyl sites for hydroxylation is 8. The lowest BCUT2D eigenvalue weighted by molar-refractivity contribution is 0.466. The Labute approximate surface area is 484 Å². The van der Waals surface area contributed by atoms with Crippen molar-refractivity contribution in [1.29, 1.82) is 0 Å². The fourth-order valence-electron chi connectivity index (χ4n) is 8.44. The summed E-state index contributed by atoms with van der Waals surface area (Å²) in [6.45, 7) is 50.0.